The molecule has 0 atom stereocenters. The zero-order valence-corrected chi connectivity index (χ0v) is 44.9. The number of ketones is 2. The number of hydrogen-bond donors (Lipinski definition) is 0. The summed E-state index contributed by atoms with van der Waals surface area (Å²) < 4.78 is 4.24. The minimum absolute atomic E-state index is 0.167. The number of amidine groups is 2. The summed E-state index contributed by atoms with van der Waals surface area (Å²) in [6.45, 7) is 6.11. The van der Waals surface area contributed by atoms with Crippen molar-refractivity contribution in [2.24, 2.45) is 0 Å². The Kier molecular flexibility index (Phi) is 22.7. The molecule has 0 aromatic heterocycles. The summed E-state index contributed by atoms with van der Waals surface area (Å²) in [6.07, 6.45) is -2.43. The van der Waals surface area contributed by atoms with Crippen molar-refractivity contribution in [1.29, 1.82) is 0 Å². The van der Waals surface area contributed by atoms with E-state index in [1.165, 1.54) is 83.1 Å². The van der Waals surface area contributed by atoms with Crippen LogP contribution in [0.2, 0.25) is 0 Å². The highest BCUT2D eigenvalue weighted by molar-refractivity contribution is 7.20. The van der Waals surface area contributed by atoms with E-state index >= 15 is 0 Å². The lowest BCUT2D eigenvalue weighted by Crippen LogP contribution is -2.74. The van der Waals surface area contributed by atoms with Crippen molar-refractivity contribution in [1.82, 2.24) is 9.80 Å². The summed E-state index contributed by atoms with van der Waals surface area (Å²) in [5.74, 6) is 2.72. The molecule has 370 valence electrons. The Bertz CT molecular complexity index is 2340. The number of hydrogen-bond acceptors (Lipinski definition) is 2. The summed E-state index contributed by atoms with van der Waals surface area (Å²) in [5, 5.41) is 0. The van der Waals surface area contributed by atoms with E-state index in [4.69, 9.17) is 0 Å². The third-order valence-electron chi connectivity index (χ3n) is 12.3. The molecule has 0 N–H and O–H groups in total. The number of benzene rings is 8. The van der Waals surface area contributed by atoms with Crippen molar-refractivity contribution >= 4 is 79.2 Å². The fourth-order valence-electron chi connectivity index (χ4n) is 9.84. The van der Waals surface area contributed by atoms with Gasteiger partial charge in [0.2, 0.25) is 0 Å². The highest BCUT2D eigenvalue weighted by Crippen LogP contribution is 2.11. The lowest BCUT2D eigenvalue weighted by atomic mass is 9.13. The van der Waals surface area contributed by atoms with Crippen LogP contribution < -0.4 is 43.7 Å². The zero-order valence-electron chi connectivity index (χ0n) is 44.9. The van der Waals surface area contributed by atoms with Crippen LogP contribution in [0.25, 0.3) is 0 Å². The number of carbonyl (C=O) groups is 2. The molecule has 0 amide bonds. The average Bonchev–Trinajstić information content (AvgIpc) is 3.38. The molecule has 0 aliphatic rings. The fraction of sp³-hybridized carbons (Fsp3) is 0.188. The van der Waals surface area contributed by atoms with Gasteiger partial charge in [0.05, 0.1) is 56.4 Å². The van der Waals surface area contributed by atoms with Gasteiger partial charge in [-0.25, -0.2) is 0 Å². The van der Waals surface area contributed by atoms with Crippen LogP contribution in [0.3, 0.4) is 0 Å². The van der Waals surface area contributed by atoms with E-state index in [1.807, 2.05) is 0 Å². The first-order valence-electron chi connectivity index (χ1n) is 24.7. The fourth-order valence-corrected chi connectivity index (χ4v) is 9.84. The van der Waals surface area contributed by atoms with Gasteiger partial charge in [-0.05, 0) is 27.7 Å². The molecule has 0 aliphatic carbocycles. The highest BCUT2D eigenvalue weighted by Gasteiger charge is 2.33. The molecule has 0 fully saturated rings. The van der Waals surface area contributed by atoms with Gasteiger partial charge >= 0.3 is 11.7 Å². The predicted octanol–water partition coefficient (Wildman–Crippen LogP) is 6.77. The molecule has 8 aromatic rings. The molecule has 0 bridgehead atoms. The number of Topliss-reactive ketones (excluding diaryl/α,β-unsaturated/α-hetero) is 2. The molecule has 6 nitrogen and oxygen atoms in total. The Morgan fingerprint density at radius 3 is 0.472 bits per heavy atom. The first kappa shape index (κ1) is 56.8. The molecule has 8 rings (SSSR count). The standard InChI is InChI=1S/2C24H20B.C10H24N4.2C3H6O/c2*1-5-13-21(14-6-1)25(22-15-7-2-8-16-22,23-17-9-3-10-18-23)24-19-11-4-12-20-24;1-11(2)9(12(3)4)10(13(5)6)14(7)8;2*1-3(2)4/h2*1-20H;1-8H3;2*1-2H3/q2*-1;+2;;. The molecule has 8 aromatic carbocycles. The number of nitrogens with zero attached hydrogens (tertiary/aromatic N) is 4. The van der Waals surface area contributed by atoms with E-state index in [-0.39, 0.29) is 11.6 Å². The maximum Gasteiger partial charge on any atom is 0.361 e. The largest absolute Gasteiger partial charge is 0.361 e. The van der Waals surface area contributed by atoms with Crippen LogP contribution in [0.15, 0.2) is 243 Å². The molecule has 0 saturated heterocycles. The van der Waals surface area contributed by atoms with E-state index < -0.39 is 12.3 Å². The van der Waals surface area contributed by atoms with Crippen molar-refractivity contribution in [3.05, 3.63) is 243 Å². The second-order valence-electron chi connectivity index (χ2n) is 19.1. The third kappa shape index (κ3) is 15.1. The number of likely N-dealkylation sites (N-methyl/N-ethyl adjacent to an activating group) is 2. The summed E-state index contributed by atoms with van der Waals surface area (Å²) in [6, 6.07) is 87.1. The Balaban J connectivity index is 0.000000226. The SMILES string of the molecule is CC(C)=O.CC(C)=O.CN(C)C(C(N(C)C)=[N+](C)C)=[N+](C)C.c1ccc([B-](c2ccccc2)(c2ccccc2)c2ccccc2)cc1.c1ccc([B-](c2ccccc2)(c2ccccc2)c2ccccc2)cc1. The second kappa shape index (κ2) is 28.7. The van der Waals surface area contributed by atoms with Gasteiger partial charge in [-0.2, -0.15) is 43.7 Å². The second-order valence-corrected chi connectivity index (χ2v) is 19.1. The molecule has 0 spiro atoms. The van der Waals surface area contributed by atoms with Crippen molar-refractivity contribution in [2.75, 3.05) is 56.4 Å². The smallest absolute Gasteiger partial charge is 0.300 e. The third-order valence-corrected chi connectivity index (χ3v) is 12.3. The summed E-state index contributed by atoms with van der Waals surface area (Å²) in [7, 11) is 16.5. The quantitative estimate of drug-likeness (QED) is 0.0732. The van der Waals surface area contributed by atoms with Gasteiger partial charge in [0.25, 0.3) is 0 Å². The molecule has 0 aliphatic heterocycles. The van der Waals surface area contributed by atoms with E-state index in [2.05, 4.69) is 318 Å². The molecule has 72 heavy (non-hydrogen) atoms. The molecule has 0 saturated carbocycles. The first-order valence-corrected chi connectivity index (χ1v) is 24.7. The molecule has 0 heterocycles. The maximum atomic E-state index is 9.44. The van der Waals surface area contributed by atoms with E-state index in [0.29, 0.717) is 0 Å². The van der Waals surface area contributed by atoms with E-state index in [1.54, 1.807) is 0 Å². The van der Waals surface area contributed by atoms with Crippen molar-refractivity contribution in [3.8, 4) is 0 Å². The molecule has 0 radical (unpaired) electrons. The van der Waals surface area contributed by atoms with Crippen LogP contribution in [0.1, 0.15) is 27.7 Å². The highest BCUT2D eigenvalue weighted by atomic mass is 16.1. The molecule has 0 unspecified atom stereocenters. The Labute approximate surface area is 432 Å². The minimum Gasteiger partial charge on any atom is -0.300 e. The van der Waals surface area contributed by atoms with Gasteiger partial charge in [0, 0.05) is 0 Å². The Morgan fingerprint density at radius 1 is 0.278 bits per heavy atom. The van der Waals surface area contributed by atoms with E-state index in [9.17, 15) is 9.59 Å². The predicted molar refractivity (Wildman–Crippen MR) is 314 cm³/mol. The van der Waals surface area contributed by atoms with Crippen LogP contribution in [0, 0.1) is 0 Å². The van der Waals surface area contributed by atoms with Gasteiger partial charge in [0.1, 0.15) is 23.9 Å². The van der Waals surface area contributed by atoms with Gasteiger partial charge in [-0.3, -0.25) is 19.0 Å². The van der Waals surface area contributed by atoms with Crippen LogP contribution in [-0.4, -0.2) is 111 Å². The van der Waals surface area contributed by atoms with Gasteiger partial charge in [-0.1, -0.05) is 243 Å². The molecule has 8 heteroatoms. The van der Waals surface area contributed by atoms with Crippen molar-refractivity contribution in [2.45, 2.75) is 27.7 Å². The van der Waals surface area contributed by atoms with Crippen LogP contribution >= 0.6 is 0 Å². The zero-order chi connectivity index (χ0) is 52.5. The lowest BCUT2D eigenvalue weighted by molar-refractivity contribution is -0.485. The monoisotopic (exact) mass is 955 g/mol. The lowest BCUT2D eigenvalue weighted by Gasteiger charge is -2.44. The topological polar surface area (TPSA) is 46.6 Å². The van der Waals surface area contributed by atoms with Crippen LogP contribution in [0.5, 0.6) is 0 Å². The van der Waals surface area contributed by atoms with Crippen molar-refractivity contribution in [3.63, 3.8) is 0 Å². The van der Waals surface area contributed by atoms with E-state index in [0.717, 1.165) is 0 Å². The summed E-state index contributed by atoms with van der Waals surface area (Å²) in [5.41, 5.74) is 10.7. The summed E-state index contributed by atoms with van der Waals surface area (Å²) >= 11 is 0. The van der Waals surface area contributed by atoms with Gasteiger partial charge in [0.15, 0.2) is 0 Å². The molecular weight excluding hydrogens is 878 g/mol. The molecular formula is C64H76B2N4O2. The Hall–Kier alpha value is -7.83. The van der Waals surface area contributed by atoms with Gasteiger partial charge < -0.3 is 9.59 Å². The first-order chi connectivity index (χ1) is 34.6. The normalized spacial score (nSPS) is 10.3. The number of rotatable bonds is 8. The van der Waals surface area contributed by atoms with Gasteiger partial charge in [-0.15, -0.1) is 0 Å². The number of carbonyl (C=O) groups excluding carboxylic acids is 2. The maximum absolute atomic E-state index is 9.44. The Morgan fingerprint density at radius 2 is 0.389 bits per heavy atom. The minimum atomic E-state index is -1.22. The average molecular weight is 955 g/mol. The summed E-state index contributed by atoms with van der Waals surface area (Å²) in [4.78, 5) is 23.1. The van der Waals surface area contributed by atoms with Crippen molar-refractivity contribution < 1.29 is 18.7 Å². The van der Waals surface area contributed by atoms with Crippen LogP contribution in [-0.2, 0) is 9.59 Å². The van der Waals surface area contributed by atoms with Crippen LogP contribution in [0.4, 0.5) is 0 Å².